The summed E-state index contributed by atoms with van der Waals surface area (Å²) in [6.45, 7) is 3.30. The van der Waals surface area contributed by atoms with Crippen molar-refractivity contribution >= 4 is 51.7 Å². The molecule has 0 unspecified atom stereocenters. The Morgan fingerprint density at radius 3 is 2.68 bits per heavy atom. The molecule has 2 aromatic rings. The van der Waals surface area contributed by atoms with Crippen LogP contribution in [0.4, 0.5) is 16.2 Å². The average Bonchev–Trinajstić information content (AvgIpc) is 3.13. The van der Waals surface area contributed by atoms with E-state index in [1.165, 1.54) is 24.6 Å². The SMILES string of the molecule is O=C(SCCN1CCCC1)N1c2ccccc2Sc2ccc(Cl)cc21. The lowest BCUT2D eigenvalue weighted by atomic mass is 10.2. The summed E-state index contributed by atoms with van der Waals surface area (Å²) in [6, 6.07) is 13.8. The number of fused-ring (bicyclic) bond motifs is 2. The van der Waals surface area contributed by atoms with Crippen molar-refractivity contribution < 1.29 is 4.79 Å². The van der Waals surface area contributed by atoms with E-state index in [9.17, 15) is 4.79 Å². The number of likely N-dealkylation sites (tertiary alicyclic amines) is 1. The highest BCUT2D eigenvalue weighted by Gasteiger charge is 2.28. The standard InChI is InChI=1S/C19H19ClN2OS2/c20-14-7-8-18-16(13-14)22(15-5-1-2-6-17(15)25-18)19(23)24-12-11-21-9-3-4-10-21/h1-2,5-8,13H,3-4,9-12H2. The van der Waals surface area contributed by atoms with Gasteiger partial charge in [0.15, 0.2) is 0 Å². The molecule has 1 saturated heterocycles. The fourth-order valence-electron chi connectivity index (χ4n) is 3.26. The maximum Gasteiger partial charge on any atom is 0.290 e. The highest BCUT2D eigenvalue weighted by molar-refractivity contribution is 8.14. The number of nitrogens with zero attached hydrogens (tertiary/aromatic N) is 2. The van der Waals surface area contributed by atoms with E-state index >= 15 is 0 Å². The highest BCUT2D eigenvalue weighted by Crippen LogP contribution is 2.49. The van der Waals surface area contributed by atoms with E-state index in [2.05, 4.69) is 11.0 Å². The van der Waals surface area contributed by atoms with Gasteiger partial charge < -0.3 is 4.90 Å². The van der Waals surface area contributed by atoms with Gasteiger partial charge in [0.2, 0.25) is 0 Å². The first-order valence-corrected chi connectivity index (χ1v) is 10.7. The molecule has 0 spiro atoms. The van der Waals surface area contributed by atoms with Gasteiger partial charge in [0.25, 0.3) is 5.24 Å². The molecular weight excluding hydrogens is 372 g/mol. The first-order chi connectivity index (χ1) is 12.2. The lowest BCUT2D eigenvalue weighted by Crippen LogP contribution is -2.27. The fourth-order valence-corrected chi connectivity index (χ4v) is 5.31. The molecule has 130 valence electrons. The maximum atomic E-state index is 13.0. The molecule has 1 fully saturated rings. The molecule has 25 heavy (non-hydrogen) atoms. The summed E-state index contributed by atoms with van der Waals surface area (Å²) in [4.78, 5) is 19.5. The van der Waals surface area contributed by atoms with Crippen LogP contribution in [0, 0.1) is 0 Å². The van der Waals surface area contributed by atoms with E-state index in [4.69, 9.17) is 11.6 Å². The smallest absolute Gasteiger partial charge is 0.290 e. The summed E-state index contributed by atoms with van der Waals surface area (Å²) < 4.78 is 0. The van der Waals surface area contributed by atoms with Gasteiger partial charge in [-0.3, -0.25) is 9.69 Å². The van der Waals surface area contributed by atoms with E-state index in [0.717, 1.165) is 46.6 Å². The third-order valence-electron chi connectivity index (χ3n) is 4.50. The minimum absolute atomic E-state index is 0.0652. The minimum atomic E-state index is 0.0652. The van der Waals surface area contributed by atoms with Crippen molar-refractivity contribution in [1.29, 1.82) is 0 Å². The maximum absolute atomic E-state index is 13.0. The van der Waals surface area contributed by atoms with E-state index < -0.39 is 0 Å². The zero-order valence-corrected chi connectivity index (χ0v) is 16.2. The second-order valence-corrected chi connectivity index (χ2v) is 8.75. The Kier molecular flexibility index (Phi) is 5.27. The van der Waals surface area contributed by atoms with Crippen LogP contribution in [-0.4, -0.2) is 35.5 Å². The van der Waals surface area contributed by atoms with E-state index in [1.54, 1.807) is 11.8 Å². The number of carbonyl (C=O) groups excluding carboxylic acids is 1. The van der Waals surface area contributed by atoms with Gasteiger partial charge in [-0.05, 0) is 56.3 Å². The van der Waals surface area contributed by atoms with Crippen LogP contribution in [0.25, 0.3) is 0 Å². The molecule has 2 aliphatic rings. The van der Waals surface area contributed by atoms with Crippen molar-refractivity contribution in [3.05, 3.63) is 47.5 Å². The Labute approximate surface area is 161 Å². The fraction of sp³-hybridized carbons (Fsp3) is 0.316. The summed E-state index contributed by atoms with van der Waals surface area (Å²) in [5, 5.41) is 0.717. The van der Waals surface area contributed by atoms with Gasteiger partial charge in [0.1, 0.15) is 0 Å². The molecule has 6 heteroatoms. The second kappa shape index (κ2) is 7.62. The zero-order chi connectivity index (χ0) is 17.2. The molecule has 3 nitrogen and oxygen atoms in total. The number of hydrogen-bond donors (Lipinski definition) is 0. The molecule has 0 radical (unpaired) electrons. The molecule has 1 amide bonds. The van der Waals surface area contributed by atoms with Crippen LogP contribution in [0.2, 0.25) is 5.02 Å². The Balaban J connectivity index is 1.57. The number of hydrogen-bond acceptors (Lipinski definition) is 4. The predicted molar refractivity (Wildman–Crippen MR) is 108 cm³/mol. The predicted octanol–water partition coefficient (Wildman–Crippen LogP) is 5.89. The van der Waals surface area contributed by atoms with Gasteiger partial charge in [-0.15, -0.1) is 0 Å². The third-order valence-corrected chi connectivity index (χ3v) is 6.68. The molecular formula is C19H19ClN2OS2. The first-order valence-electron chi connectivity index (χ1n) is 8.48. The van der Waals surface area contributed by atoms with Crippen LogP contribution >= 0.6 is 35.1 Å². The quantitative estimate of drug-likeness (QED) is 0.651. The van der Waals surface area contributed by atoms with E-state index in [0.29, 0.717) is 5.02 Å². The minimum Gasteiger partial charge on any atom is -0.303 e. The molecule has 0 aromatic heterocycles. The van der Waals surface area contributed by atoms with Crippen molar-refractivity contribution in [2.75, 3.05) is 30.3 Å². The normalized spacial score (nSPS) is 16.6. The van der Waals surface area contributed by atoms with Crippen LogP contribution in [0.5, 0.6) is 0 Å². The molecule has 0 N–H and O–H groups in total. The number of thioether (sulfide) groups is 1. The van der Waals surface area contributed by atoms with Gasteiger partial charge in [-0.25, -0.2) is 0 Å². The number of rotatable bonds is 3. The largest absolute Gasteiger partial charge is 0.303 e. The van der Waals surface area contributed by atoms with Gasteiger partial charge in [0.05, 0.1) is 11.4 Å². The monoisotopic (exact) mass is 390 g/mol. The van der Waals surface area contributed by atoms with Crippen molar-refractivity contribution in [2.24, 2.45) is 0 Å². The van der Waals surface area contributed by atoms with Crippen molar-refractivity contribution in [1.82, 2.24) is 4.90 Å². The summed E-state index contributed by atoms with van der Waals surface area (Å²) in [6.07, 6.45) is 2.56. The van der Waals surface area contributed by atoms with E-state index in [1.807, 2.05) is 41.3 Å². The lowest BCUT2D eigenvalue weighted by Gasteiger charge is -2.31. The van der Waals surface area contributed by atoms with Crippen LogP contribution in [-0.2, 0) is 0 Å². The first kappa shape index (κ1) is 17.3. The van der Waals surface area contributed by atoms with E-state index in [-0.39, 0.29) is 5.24 Å². The van der Waals surface area contributed by atoms with Crippen LogP contribution in [0.3, 0.4) is 0 Å². The third kappa shape index (κ3) is 3.70. The molecule has 2 aliphatic heterocycles. The molecule has 2 aromatic carbocycles. The molecule has 0 atom stereocenters. The molecule has 0 saturated carbocycles. The Hall–Kier alpha value is -1.14. The molecule has 0 bridgehead atoms. The van der Waals surface area contributed by atoms with Crippen molar-refractivity contribution in [2.45, 2.75) is 22.6 Å². The molecule has 2 heterocycles. The van der Waals surface area contributed by atoms with Gasteiger partial charge in [-0.1, -0.05) is 47.3 Å². The van der Waals surface area contributed by atoms with Crippen LogP contribution in [0.1, 0.15) is 12.8 Å². The molecule has 0 aliphatic carbocycles. The Morgan fingerprint density at radius 2 is 1.84 bits per heavy atom. The van der Waals surface area contributed by atoms with Gasteiger partial charge in [-0.2, -0.15) is 0 Å². The van der Waals surface area contributed by atoms with Gasteiger partial charge in [0, 0.05) is 27.1 Å². The average molecular weight is 391 g/mol. The van der Waals surface area contributed by atoms with Crippen molar-refractivity contribution in [3.63, 3.8) is 0 Å². The summed E-state index contributed by atoms with van der Waals surface area (Å²) in [5.41, 5.74) is 1.83. The summed E-state index contributed by atoms with van der Waals surface area (Å²) >= 11 is 9.29. The zero-order valence-electron chi connectivity index (χ0n) is 13.8. The number of carbonyl (C=O) groups is 1. The molecule has 4 rings (SSSR count). The number of halogens is 1. The van der Waals surface area contributed by atoms with Gasteiger partial charge >= 0.3 is 0 Å². The number of para-hydroxylation sites is 1. The van der Waals surface area contributed by atoms with Crippen LogP contribution in [0.15, 0.2) is 52.3 Å². The summed E-state index contributed by atoms with van der Waals surface area (Å²) in [7, 11) is 0. The number of anilines is 2. The Bertz CT molecular complexity index is 793. The van der Waals surface area contributed by atoms with Crippen LogP contribution < -0.4 is 4.90 Å². The van der Waals surface area contributed by atoms with Crippen molar-refractivity contribution in [3.8, 4) is 0 Å². The second-order valence-electron chi connectivity index (χ2n) is 6.18. The Morgan fingerprint density at radius 1 is 1.08 bits per heavy atom. The highest BCUT2D eigenvalue weighted by atomic mass is 35.5. The topological polar surface area (TPSA) is 23.6 Å². The summed E-state index contributed by atoms with van der Waals surface area (Å²) in [5.74, 6) is 0.820. The lowest BCUT2D eigenvalue weighted by molar-refractivity contribution is 0.266. The number of amides is 1. The number of benzene rings is 2.